The minimum Gasteiger partial charge on any atom is -0.354 e. The second kappa shape index (κ2) is 13.9. The highest BCUT2D eigenvalue weighted by Crippen LogP contribution is 2.55. The number of nitrogens with one attached hydrogen (secondary N) is 1. The molecule has 9 aromatic carbocycles. The quantitative estimate of drug-likeness (QED) is 0.130. The van der Waals surface area contributed by atoms with E-state index in [4.69, 9.17) is 4.98 Å². The summed E-state index contributed by atoms with van der Waals surface area (Å²) in [6.07, 6.45) is 1.87. The molecule has 0 atom stereocenters. The fourth-order valence-corrected chi connectivity index (χ4v) is 9.34. The first-order valence-electron chi connectivity index (χ1n) is 20.4. The lowest BCUT2D eigenvalue weighted by Gasteiger charge is -2.31. The summed E-state index contributed by atoms with van der Waals surface area (Å²) in [5.74, 6) is 0. The van der Waals surface area contributed by atoms with Crippen LogP contribution in [0.15, 0.2) is 206 Å². The lowest BCUT2D eigenvalue weighted by atomic mass is 9.81. The summed E-state index contributed by atoms with van der Waals surface area (Å²) in [5, 5.41) is 9.76. The van der Waals surface area contributed by atoms with Crippen LogP contribution in [0.25, 0.3) is 65.8 Å². The number of anilines is 5. The molecule has 11 rings (SSSR count). The Bertz CT molecular complexity index is 3220. The number of hydrogen-bond acceptors (Lipinski definition) is 3. The van der Waals surface area contributed by atoms with Crippen molar-refractivity contribution in [3.8, 4) is 33.4 Å². The Labute approximate surface area is 344 Å². The number of hydrogen-bond donors (Lipinski definition) is 1. The van der Waals surface area contributed by atoms with Crippen molar-refractivity contribution in [3.05, 3.63) is 218 Å². The minimum atomic E-state index is -0.187. The molecule has 0 saturated carbocycles. The van der Waals surface area contributed by atoms with Crippen LogP contribution in [0.4, 0.5) is 28.4 Å². The summed E-state index contributed by atoms with van der Waals surface area (Å²) >= 11 is 0. The molecule has 10 aromatic rings. The van der Waals surface area contributed by atoms with Crippen LogP contribution in [0.1, 0.15) is 25.0 Å². The van der Waals surface area contributed by atoms with Gasteiger partial charge in [0.25, 0.3) is 0 Å². The molecule has 1 heterocycles. The fraction of sp³-hybridized carbons (Fsp3) is 0.0536. The van der Waals surface area contributed by atoms with E-state index in [-0.39, 0.29) is 5.41 Å². The van der Waals surface area contributed by atoms with Gasteiger partial charge in [-0.25, -0.2) is 0 Å². The van der Waals surface area contributed by atoms with Gasteiger partial charge in [-0.1, -0.05) is 153 Å². The van der Waals surface area contributed by atoms with E-state index in [1.165, 1.54) is 55.3 Å². The van der Waals surface area contributed by atoms with Crippen LogP contribution in [0.2, 0.25) is 0 Å². The first-order valence-corrected chi connectivity index (χ1v) is 20.4. The maximum Gasteiger partial charge on any atom is 0.0703 e. The van der Waals surface area contributed by atoms with Crippen LogP contribution >= 0.6 is 0 Å². The molecule has 1 N–H and O–H groups in total. The molecule has 0 bridgehead atoms. The van der Waals surface area contributed by atoms with Crippen LogP contribution < -0.4 is 10.2 Å². The van der Waals surface area contributed by atoms with Crippen molar-refractivity contribution in [1.29, 1.82) is 0 Å². The van der Waals surface area contributed by atoms with Crippen molar-refractivity contribution in [2.75, 3.05) is 10.2 Å². The predicted molar refractivity (Wildman–Crippen MR) is 250 cm³/mol. The second-order valence-corrected chi connectivity index (χ2v) is 16.1. The number of pyridine rings is 1. The Morgan fingerprint density at radius 2 is 1.10 bits per heavy atom. The summed E-state index contributed by atoms with van der Waals surface area (Å²) < 4.78 is 0. The van der Waals surface area contributed by atoms with Crippen LogP contribution in [-0.4, -0.2) is 4.98 Å². The highest BCUT2D eigenvalue weighted by Gasteiger charge is 2.36. The molecule has 0 aliphatic heterocycles. The summed E-state index contributed by atoms with van der Waals surface area (Å²) in [6.45, 7) is 4.74. The molecule has 0 radical (unpaired) electrons. The smallest absolute Gasteiger partial charge is 0.0703 e. The second-order valence-electron chi connectivity index (χ2n) is 16.1. The molecule has 1 aliphatic carbocycles. The third-order valence-electron chi connectivity index (χ3n) is 12.2. The summed E-state index contributed by atoms with van der Waals surface area (Å²) in [7, 11) is 0. The molecule has 1 aromatic heterocycles. The van der Waals surface area contributed by atoms with Gasteiger partial charge in [0, 0.05) is 55.6 Å². The van der Waals surface area contributed by atoms with Gasteiger partial charge in [0.1, 0.15) is 0 Å². The Morgan fingerprint density at radius 1 is 0.441 bits per heavy atom. The monoisotopic (exact) mass is 755 g/mol. The SMILES string of the molecule is CC1(C)c2ccccc2-c2cc3c(Nc4cccc(-c5ccccc5)c4)c4ccccc4c(N(c4cccc(-c5ccccc5)c4)c4ccc5ncccc5c4)c3cc21. The molecule has 0 amide bonds. The van der Waals surface area contributed by atoms with Crippen molar-refractivity contribution < 1.29 is 0 Å². The highest BCUT2D eigenvalue weighted by molar-refractivity contribution is 6.23. The zero-order valence-electron chi connectivity index (χ0n) is 33.0. The van der Waals surface area contributed by atoms with Gasteiger partial charge in [-0.3, -0.25) is 4.98 Å². The van der Waals surface area contributed by atoms with Gasteiger partial charge in [-0.2, -0.15) is 0 Å². The number of aromatic nitrogens is 1. The van der Waals surface area contributed by atoms with E-state index in [2.05, 4.69) is 218 Å². The van der Waals surface area contributed by atoms with Crippen LogP contribution in [0.5, 0.6) is 0 Å². The lowest BCUT2D eigenvalue weighted by molar-refractivity contribution is 0.661. The largest absolute Gasteiger partial charge is 0.354 e. The maximum atomic E-state index is 4.71. The standard InChI is InChI=1S/C56H41N3/c1-56(2)51-28-12-11-25-45(51)48-35-49-50(36-52(48)56)55(47-27-10-9-26-46(47)54(49)58-42-23-13-20-39(32-42)37-16-5-3-6-17-37)59(44-29-30-53-41(34-44)22-15-31-57-53)43-24-14-21-40(33-43)38-18-7-4-8-19-38/h3-36,58H,1-2H3. The molecular weight excluding hydrogens is 715 g/mol. The zero-order chi connectivity index (χ0) is 39.5. The average Bonchev–Trinajstić information content (AvgIpc) is 3.52. The Morgan fingerprint density at radius 3 is 1.90 bits per heavy atom. The molecule has 280 valence electrons. The van der Waals surface area contributed by atoms with Gasteiger partial charge in [-0.05, 0) is 105 Å². The molecule has 1 aliphatic rings. The molecular formula is C56H41N3. The lowest BCUT2D eigenvalue weighted by Crippen LogP contribution is -2.16. The van der Waals surface area contributed by atoms with E-state index in [9.17, 15) is 0 Å². The Hall–Kier alpha value is -7.49. The van der Waals surface area contributed by atoms with Gasteiger partial charge in [0.15, 0.2) is 0 Å². The number of nitrogens with zero attached hydrogens (tertiary/aromatic N) is 2. The highest BCUT2D eigenvalue weighted by atomic mass is 15.1. The van der Waals surface area contributed by atoms with E-state index in [1.807, 2.05) is 12.3 Å². The molecule has 0 saturated heterocycles. The normalized spacial score (nSPS) is 12.7. The third-order valence-corrected chi connectivity index (χ3v) is 12.2. The van der Waals surface area contributed by atoms with Gasteiger partial charge < -0.3 is 10.2 Å². The molecule has 0 unspecified atom stereocenters. The van der Waals surface area contributed by atoms with Crippen LogP contribution in [-0.2, 0) is 5.41 Å². The van der Waals surface area contributed by atoms with E-state index in [1.54, 1.807) is 0 Å². The zero-order valence-corrected chi connectivity index (χ0v) is 33.0. The van der Waals surface area contributed by atoms with Crippen LogP contribution in [0, 0.1) is 0 Å². The first-order chi connectivity index (χ1) is 29.0. The van der Waals surface area contributed by atoms with E-state index in [0.717, 1.165) is 50.1 Å². The minimum absolute atomic E-state index is 0.187. The van der Waals surface area contributed by atoms with Crippen molar-refractivity contribution in [3.63, 3.8) is 0 Å². The molecule has 0 fully saturated rings. The Balaban J connectivity index is 1.23. The Kier molecular flexibility index (Phi) is 8.16. The molecule has 0 spiro atoms. The summed E-state index contributed by atoms with van der Waals surface area (Å²) in [4.78, 5) is 7.18. The van der Waals surface area contributed by atoms with Gasteiger partial charge in [-0.15, -0.1) is 0 Å². The van der Waals surface area contributed by atoms with Gasteiger partial charge >= 0.3 is 0 Å². The van der Waals surface area contributed by atoms with Crippen molar-refractivity contribution in [1.82, 2.24) is 4.98 Å². The van der Waals surface area contributed by atoms with E-state index < -0.39 is 0 Å². The molecule has 59 heavy (non-hydrogen) atoms. The van der Waals surface area contributed by atoms with Gasteiger partial charge in [0.2, 0.25) is 0 Å². The number of benzene rings is 9. The van der Waals surface area contributed by atoms with E-state index >= 15 is 0 Å². The topological polar surface area (TPSA) is 28.2 Å². The third kappa shape index (κ3) is 5.85. The number of fused-ring (bicyclic) bond motifs is 6. The van der Waals surface area contributed by atoms with Crippen molar-refractivity contribution in [2.45, 2.75) is 19.3 Å². The predicted octanol–water partition coefficient (Wildman–Crippen LogP) is 15.4. The van der Waals surface area contributed by atoms with Gasteiger partial charge in [0.05, 0.1) is 16.9 Å². The number of rotatable bonds is 7. The van der Waals surface area contributed by atoms with E-state index in [0.29, 0.717) is 0 Å². The summed E-state index contributed by atoms with van der Waals surface area (Å²) in [6, 6.07) is 72.7. The first kappa shape index (κ1) is 34.7. The molecule has 3 heteroatoms. The maximum absolute atomic E-state index is 4.71. The summed E-state index contributed by atoms with van der Waals surface area (Å²) in [5.41, 5.74) is 16.2. The van der Waals surface area contributed by atoms with Crippen molar-refractivity contribution >= 4 is 60.9 Å². The fourth-order valence-electron chi connectivity index (χ4n) is 9.34. The van der Waals surface area contributed by atoms with Crippen molar-refractivity contribution in [2.24, 2.45) is 0 Å². The average molecular weight is 756 g/mol. The van der Waals surface area contributed by atoms with Crippen LogP contribution in [0.3, 0.4) is 0 Å². The molecule has 3 nitrogen and oxygen atoms in total.